The molecule has 0 aliphatic rings. The number of esters is 1. The number of hydrogen-bond donors (Lipinski definition) is 4. The Morgan fingerprint density at radius 3 is 2.00 bits per heavy atom. The van der Waals surface area contributed by atoms with Crippen molar-refractivity contribution in [2.75, 3.05) is 6.54 Å². The lowest BCUT2D eigenvalue weighted by Crippen LogP contribution is -2.40. The number of nitrogens with two attached hydrogens (primary N) is 1. The Bertz CT molecular complexity index is 616. The molecule has 0 heterocycles. The molecule has 0 saturated heterocycles. The summed E-state index contributed by atoms with van der Waals surface area (Å²) in [5, 5.41) is 51.9. The van der Waals surface area contributed by atoms with Crippen LogP contribution in [0.2, 0.25) is 0 Å². The quantitative estimate of drug-likeness (QED) is 0.119. The molecule has 0 aromatic heterocycles. The third kappa shape index (κ3) is 15.8. The molecule has 7 atom stereocenters. The van der Waals surface area contributed by atoms with Crippen molar-refractivity contribution in [2.45, 2.75) is 116 Å². The summed E-state index contributed by atoms with van der Waals surface area (Å²) in [5.74, 6) is -5.73. The molecule has 0 amide bonds. The first kappa shape index (κ1) is 33.2. The van der Waals surface area contributed by atoms with Crippen LogP contribution in [-0.2, 0) is 19.1 Å². The summed E-state index contributed by atoms with van der Waals surface area (Å²) in [4.78, 5) is 34.2. The van der Waals surface area contributed by atoms with Crippen LogP contribution in [0.5, 0.6) is 0 Å². The Labute approximate surface area is 208 Å². The number of aliphatic carboxylic acids is 2. The van der Waals surface area contributed by atoms with Gasteiger partial charge in [-0.1, -0.05) is 59.3 Å². The number of carbonyl (C=O) groups excluding carboxylic acids is 3. The summed E-state index contributed by atoms with van der Waals surface area (Å²) in [6, 6.07) is 0. The number of rotatable bonds is 21. The molecule has 0 bridgehead atoms. The fraction of sp³-hybridized carbons (Fsp3) is 0.880. The van der Waals surface area contributed by atoms with E-state index in [0.717, 1.165) is 32.1 Å². The Balaban J connectivity index is 4.65. The van der Waals surface area contributed by atoms with Crippen LogP contribution in [0.4, 0.5) is 0 Å². The second-order valence-corrected chi connectivity index (χ2v) is 9.81. The number of hydrogen-bond acceptors (Lipinski definition) is 10. The molecule has 0 saturated carbocycles. The van der Waals surface area contributed by atoms with E-state index in [1.807, 2.05) is 20.8 Å². The molecule has 0 aromatic rings. The van der Waals surface area contributed by atoms with E-state index in [4.69, 9.17) is 10.5 Å². The summed E-state index contributed by atoms with van der Waals surface area (Å²) in [7, 11) is 0. The van der Waals surface area contributed by atoms with Crippen LogP contribution < -0.4 is 15.9 Å². The lowest BCUT2D eigenvalue weighted by Gasteiger charge is -2.30. The minimum atomic E-state index is -1.67. The zero-order valence-electron chi connectivity index (χ0n) is 21.4. The highest BCUT2D eigenvalue weighted by Crippen LogP contribution is 2.24. The monoisotopic (exact) mass is 503 g/mol. The molecule has 0 aliphatic carbocycles. The van der Waals surface area contributed by atoms with E-state index in [1.165, 1.54) is 0 Å². The van der Waals surface area contributed by atoms with E-state index in [9.17, 15) is 39.9 Å². The molecule has 0 aromatic carbocycles. The molecule has 0 aliphatic heterocycles. The van der Waals surface area contributed by atoms with Crippen molar-refractivity contribution in [1.82, 2.24) is 0 Å². The maximum absolute atomic E-state index is 12.3. The highest BCUT2D eigenvalue weighted by atomic mass is 16.6. The zero-order chi connectivity index (χ0) is 27.0. The van der Waals surface area contributed by atoms with Gasteiger partial charge in [0.15, 0.2) is 0 Å². The average molecular weight is 504 g/mol. The summed E-state index contributed by atoms with van der Waals surface area (Å²) >= 11 is 0. The van der Waals surface area contributed by atoms with Crippen molar-refractivity contribution >= 4 is 17.9 Å². The number of carboxylic acids is 2. The third-order valence-corrected chi connectivity index (χ3v) is 6.49. The first-order valence-electron chi connectivity index (χ1n) is 12.8. The van der Waals surface area contributed by atoms with E-state index in [-0.39, 0.29) is 24.8 Å². The largest absolute Gasteiger partial charge is 0.550 e. The summed E-state index contributed by atoms with van der Waals surface area (Å²) in [6.07, 6.45) is 1.89. The van der Waals surface area contributed by atoms with Crippen molar-refractivity contribution in [3.8, 4) is 0 Å². The Hall–Kier alpha value is -1.75. The number of unbranched alkanes of at least 4 members (excludes halogenated alkanes) is 3. The standard InChI is InChI=1S/C25H47NO9/c1-4-17(3)24(32)21(35-23(31)13-18(25(33)34)12-22(29)30)11-16(2)9-7-5-6-8-10-19(27)14-20(28)15-26/h16-21,24,27-28,32H,4-15,26H2,1-3H3,(H,29,30)(H,33,34)/p-2. The zero-order valence-corrected chi connectivity index (χ0v) is 21.4. The number of carbonyl (C=O) groups is 3. The number of aliphatic hydroxyl groups excluding tert-OH is 3. The molecule has 206 valence electrons. The van der Waals surface area contributed by atoms with Gasteiger partial charge in [-0.3, -0.25) is 4.79 Å². The Kier molecular flexibility index (Phi) is 17.6. The highest BCUT2D eigenvalue weighted by Gasteiger charge is 2.30. The molecule has 7 unspecified atom stereocenters. The van der Waals surface area contributed by atoms with E-state index >= 15 is 0 Å². The molecule has 0 fully saturated rings. The summed E-state index contributed by atoms with van der Waals surface area (Å²) < 4.78 is 5.43. The fourth-order valence-electron chi connectivity index (χ4n) is 3.99. The maximum atomic E-state index is 12.3. The number of aliphatic hydroxyl groups is 3. The Morgan fingerprint density at radius 2 is 1.49 bits per heavy atom. The second-order valence-electron chi connectivity index (χ2n) is 9.81. The third-order valence-electron chi connectivity index (χ3n) is 6.49. The van der Waals surface area contributed by atoms with Crippen LogP contribution in [0, 0.1) is 17.8 Å². The molecular weight excluding hydrogens is 458 g/mol. The van der Waals surface area contributed by atoms with Crippen molar-refractivity contribution in [1.29, 1.82) is 0 Å². The van der Waals surface area contributed by atoms with Gasteiger partial charge in [-0.2, -0.15) is 0 Å². The SMILES string of the molecule is CCC(C)C(O)C(CC(C)CCCCCCC(O)CC(O)CN)OC(=O)CC(CC(=O)[O-])C(=O)[O-]. The van der Waals surface area contributed by atoms with E-state index in [1.54, 1.807) is 0 Å². The highest BCUT2D eigenvalue weighted by molar-refractivity contribution is 5.81. The molecule has 0 radical (unpaired) electrons. The van der Waals surface area contributed by atoms with Crippen LogP contribution >= 0.6 is 0 Å². The normalized spacial score (nSPS) is 17.6. The van der Waals surface area contributed by atoms with Gasteiger partial charge in [0.2, 0.25) is 0 Å². The van der Waals surface area contributed by atoms with Gasteiger partial charge in [-0.25, -0.2) is 0 Å². The topological polar surface area (TPSA) is 193 Å². The molecule has 0 rings (SSSR count). The first-order valence-corrected chi connectivity index (χ1v) is 12.8. The predicted molar refractivity (Wildman–Crippen MR) is 125 cm³/mol. The van der Waals surface area contributed by atoms with Crippen molar-refractivity contribution in [2.24, 2.45) is 23.5 Å². The van der Waals surface area contributed by atoms with Crippen LogP contribution in [0.3, 0.4) is 0 Å². The van der Waals surface area contributed by atoms with Gasteiger partial charge >= 0.3 is 5.97 Å². The van der Waals surface area contributed by atoms with Gasteiger partial charge < -0.3 is 45.6 Å². The number of ether oxygens (including phenoxy) is 1. The minimum Gasteiger partial charge on any atom is -0.550 e. The van der Waals surface area contributed by atoms with E-state index < -0.39 is 61.1 Å². The average Bonchev–Trinajstić information content (AvgIpc) is 2.78. The minimum absolute atomic E-state index is 0.122. The lowest BCUT2D eigenvalue weighted by atomic mass is 9.89. The molecule has 10 heteroatoms. The van der Waals surface area contributed by atoms with Gasteiger partial charge in [0.25, 0.3) is 0 Å². The van der Waals surface area contributed by atoms with Crippen molar-refractivity contribution in [3.05, 3.63) is 0 Å². The maximum Gasteiger partial charge on any atom is 0.306 e. The molecule has 35 heavy (non-hydrogen) atoms. The molecule has 0 spiro atoms. The number of carboxylic acid groups (broad SMARTS) is 2. The van der Waals surface area contributed by atoms with Crippen LogP contribution in [0.1, 0.15) is 91.4 Å². The van der Waals surface area contributed by atoms with Crippen molar-refractivity contribution in [3.63, 3.8) is 0 Å². The van der Waals surface area contributed by atoms with Crippen molar-refractivity contribution < 1.29 is 44.7 Å². The predicted octanol–water partition coefficient (Wildman–Crippen LogP) is -0.361. The lowest BCUT2D eigenvalue weighted by molar-refractivity contribution is -0.320. The molecule has 5 N–H and O–H groups in total. The first-order chi connectivity index (χ1) is 16.4. The van der Waals surface area contributed by atoms with Gasteiger partial charge in [-0.05, 0) is 31.1 Å². The van der Waals surface area contributed by atoms with E-state index in [2.05, 4.69) is 0 Å². The van der Waals surface area contributed by atoms with Crippen LogP contribution in [0.25, 0.3) is 0 Å². The fourth-order valence-corrected chi connectivity index (χ4v) is 3.99. The molecular formula is C25H45NO9-2. The Morgan fingerprint density at radius 1 is 0.886 bits per heavy atom. The van der Waals surface area contributed by atoms with Gasteiger partial charge in [0.05, 0.1) is 24.7 Å². The summed E-state index contributed by atoms with van der Waals surface area (Å²) in [6.45, 7) is 5.85. The van der Waals surface area contributed by atoms with Crippen LogP contribution in [0.15, 0.2) is 0 Å². The van der Waals surface area contributed by atoms with Gasteiger partial charge in [-0.15, -0.1) is 0 Å². The smallest absolute Gasteiger partial charge is 0.306 e. The second kappa shape index (κ2) is 18.5. The van der Waals surface area contributed by atoms with E-state index in [0.29, 0.717) is 19.3 Å². The van der Waals surface area contributed by atoms with Gasteiger partial charge in [0, 0.05) is 30.8 Å². The van der Waals surface area contributed by atoms with Crippen LogP contribution in [-0.4, -0.2) is 64.2 Å². The van der Waals surface area contributed by atoms with Gasteiger partial charge in [0.1, 0.15) is 6.10 Å². The summed E-state index contributed by atoms with van der Waals surface area (Å²) in [5.41, 5.74) is 5.34. The molecule has 10 nitrogen and oxygen atoms in total.